The van der Waals surface area contributed by atoms with Crippen molar-refractivity contribution in [2.24, 2.45) is 0 Å². The Bertz CT molecular complexity index is 668. The maximum atomic E-state index is 12.1. The summed E-state index contributed by atoms with van der Waals surface area (Å²) < 4.78 is 5.09. The van der Waals surface area contributed by atoms with Crippen molar-refractivity contribution in [3.8, 4) is 11.8 Å². The number of aliphatic hydroxyl groups excluding tert-OH is 1. The van der Waals surface area contributed by atoms with Crippen molar-refractivity contribution in [2.45, 2.75) is 13.3 Å². The molecule has 0 bridgehead atoms. The lowest BCUT2D eigenvalue weighted by molar-refractivity contribution is 0.102. The molecule has 2 N–H and O–H groups in total. The zero-order valence-corrected chi connectivity index (χ0v) is 10.9. The van der Waals surface area contributed by atoms with E-state index in [1.807, 2.05) is 0 Å². The van der Waals surface area contributed by atoms with Crippen molar-refractivity contribution in [3.05, 3.63) is 41.3 Å². The van der Waals surface area contributed by atoms with Crippen LogP contribution in [0.15, 0.2) is 28.7 Å². The molecule has 1 aromatic carbocycles. The van der Waals surface area contributed by atoms with Crippen LogP contribution in [0.25, 0.3) is 0 Å². The molecule has 2 rings (SSSR count). The highest BCUT2D eigenvalue weighted by atomic mass is 16.4. The number of hydrogen-bond acceptors (Lipinski definition) is 5. The van der Waals surface area contributed by atoms with Gasteiger partial charge in [0.2, 0.25) is 5.89 Å². The van der Waals surface area contributed by atoms with Gasteiger partial charge >= 0.3 is 6.01 Å². The molecule has 1 aromatic heterocycles. The molecule has 1 heterocycles. The third-order valence-corrected chi connectivity index (χ3v) is 2.38. The topological polar surface area (TPSA) is 88.2 Å². The van der Waals surface area contributed by atoms with E-state index in [0.717, 1.165) is 0 Å². The van der Waals surface area contributed by atoms with Gasteiger partial charge in [0.15, 0.2) is 0 Å². The molecule has 0 atom stereocenters. The van der Waals surface area contributed by atoms with Crippen LogP contribution in [-0.2, 0) is 0 Å². The van der Waals surface area contributed by atoms with Gasteiger partial charge in [0, 0.05) is 18.9 Å². The summed E-state index contributed by atoms with van der Waals surface area (Å²) in [7, 11) is 0. The summed E-state index contributed by atoms with van der Waals surface area (Å²) in [6.07, 6.45) is 0.360. The van der Waals surface area contributed by atoms with Crippen LogP contribution in [-0.4, -0.2) is 27.8 Å². The second-order valence-electron chi connectivity index (χ2n) is 3.90. The number of aromatic nitrogens is 2. The summed E-state index contributed by atoms with van der Waals surface area (Å²) >= 11 is 0. The number of carbonyl (C=O) groups is 1. The van der Waals surface area contributed by atoms with E-state index in [1.54, 1.807) is 31.2 Å². The van der Waals surface area contributed by atoms with Gasteiger partial charge in [0.25, 0.3) is 5.91 Å². The van der Waals surface area contributed by atoms with Crippen molar-refractivity contribution >= 4 is 11.9 Å². The Morgan fingerprint density at radius 1 is 1.40 bits per heavy atom. The number of benzene rings is 1. The van der Waals surface area contributed by atoms with Crippen LogP contribution in [0.5, 0.6) is 0 Å². The summed E-state index contributed by atoms with van der Waals surface area (Å²) in [5.41, 5.74) is 0.989. The Kier molecular flexibility index (Phi) is 4.47. The summed E-state index contributed by atoms with van der Waals surface area (Å²) in [5, 5.41) is 18.6. The zero-order valence-electron chi connectivity index (χ0n) is 10.9. The molecule has 102 valence electrons. The highest BCUT2D eigenvalue weighted by molar-refractivity contribution is 6.04. The first-order valence-corrected chi connectivity index (χ1v) is 6.01. The van der Waals surface area contributed by atoms with Gasteiger partial charge in [-0.15, -0.1) is 5.10 Å². The average molecular weight is 271 g/mol. The molecule has 0 unspecified atom stereocenters. The van der Waals surface area contributed by atoms with E-state index in [-0.39, 0.29) is 18.5 Å². The molecule has 0 radical (unpaired) electrons. The first-order chi connectivity index (χ1) is 9.70. The number of hydrogen-bond donors (Lipinski definition) is 2. The minimum absolute atomic E-state index is 0.0113. The molecule has 0 aliphatic carbocycles. The molecular formula is C14H13N3O3. The number of aryl methyl sites for hydroxylation is 1. The fourth-order valence-electron chi connectivity index (χ4n) is 1.52. The highest BCUT2D eigenvalue weighted by Crippen LogP contribution is 2.11. The number of rotatable bonds is 3. The quantitative estimate of drug-likeness (QED) is 0.823. The summed E-state index contributed by atoms with van der Waals surface area (Å²) in [5.74, 6) is 5.63. The number of carbonyl (C=O) groups excluding carboxylic acids is 1. The standard InChI is InChI=1S/C14H13N3O3/c1-10-16-17-14(20-10)15-13(19)12-8-3-2-6-11(12)7-4-5-9-18/h2-3,6,8,18H,5,9H2,1H3,(H,15,17,19). The van der Waals surface area contributed by atoms with Gasteiger partial charge < -0.3 is 9.52 Å². The van der Waals surface area contributed by atoms with Crippen molar-refractivity contribution in [1.29, 1.82) is 0 Å². The van der Waals surface area contributed by atoms with Gasteiger partial charge in [-0.3, -0.25) is 10.1 Å². The number of anilines is 1. The number of nitrogens with one attached hydrogen (secondary N) is 1. The molecule has 2 aromatic rings. The fourth-order valence-corrected chi connectivity index (χ4v) is 1.52. The molecule has 1 amide bonds. The summed E-state index contributed by atoms with van der Waals surface area (Å²) in [6, 6.07) is 6.97. The van der Waals surface area contributed by atoms with Gasteiger partial charge in [-0.05, 0) is 12.1 Å². The van der Waals surface area contributed by atoms with Crippen molar-refractivity contribution in [2.75, 3.05) is 11.9 Å². The molecule has 0 spiro atoms. The fraction of sp³-hybridized carbons (Fsp3) is 0.214. The molecule has 0 aliphatic heterocycles. The molecule has 0 aliphatic rings. The van der Waals surface area contributed by atoms with E-state index in [2.05, 4.69) is 27.4 Å². The Balaban J connectivity index is 2.19. The Hall–Kier alpha value is -2.65. The lowest BCUT2D eigenvalue weighted by Gasteiger charge is -2.03. The first kappa shape index (κ1) is 13.8. The van der Waals surface area contributed by atoms with Gasteiger partial charge in [-0.25, -0.2) is 0 Å². The minimum Gasteiger partial charge on any atom is -0.408 e. The van der Waals surface area contributed by atoms with Gasteiger partial charge in [0.05, 0.1) is 12.2 Å². The van der Waals surface area contributed by atoms with E-state index >= 15 is 0 Å². The van der Waals surface area contributed by atoms with Crippen LogP contribution >= 0.6 is 0 Å². The molecule has 0 saturated heterocycles. The Labute approximate surface area is 115 Å². The molecule has 0 fully saturated rings. The second-order valence-corrected chi connectivity index (χ2v) is 3.90. The number of nitrogens with zero attached hydrogens (tertiary/aromatic N) is 2. The van der Waals surface area contributed by atoms with E-state index in [1.165, 1.54) is 0 Å². The first-order valence-electron chi connectivity index (χ1n) is 6.01. The third-order valence-electron chi connectivity index (χ3n) is 2.38. The highest BCUT2D eigenvalue weighted by Gasteiger charge is 2.12. The van der Waals surface area contributed by atoms with Crippen molar-refractivity contribution in [1.82, 2.24) is 10.2 Å². The minimum atomic E-state index is -0.373. The predicted molar refractivity (Wildman–Crippen MR) is 72.0 cm³/mol. The predicted octanol–water partition coefficient (Wildman–Crippen LogP) is 1.36. The lowest BCUT2D eigenvalue weighted by atomic mass is 10.1. The SMILES string of the molecule is Cc1nnc(NC(=O)c2ccccc2C#CCCO)o1. The van der Waals surface area contributed by atoms with E-state index in [9.17, 15) is 4.79 Å². The summed E-state index contributed by atoms with van der Waals surface area (Å²) in [6.45, 7) is 1.62. The van der Waals surface area contributed by atoms with Gasteiger partial charge in [-0.2, -0.15) is 0 Å². The zero-order chi connectivity index (χ0) is 14.4. The average Bonchev–Trinajstić information content (AvgIpc) is 2.85. The van der Waals surface area contributed by atoms with Crippen LogP contribution < -0.4 is 5.32 Å². The van der Waals surface area contributed by atoms with Gasteiger partial charge in [0.1, 0.15) is 0 Å². The van der Waals surface area contributed by atoms with E-state index < -0.39 is 0 Å². The lowest BCUT2D eigenvalue weighted by Crippen LogP contribution is -2.13. The van der Waals surface area contributed by atoms with Gasteiger partial charge in [-0.1, -0.05) is 29.1 Å². The number of amides is 1. The van der Waals surface area contributed by atoms with Crippen LogP contribution in [0.4, 0.5) is 6.01 Å². The van der Waals surface area contributed by atoms with E-state index in [0.29, 0.717) is 23.4 Å². The van der Waals surface area contributed by atoms with Crippen LogP contribution in [0.3, 0.4) is 0 Å². The van der Waals surface area contributed by atoms with Crippen molar-refractivity contribution in [3.63, 3.8) is 0 Å². The monoisotopic (exact) mass is 271 g/mol. The molecule has 6 nitrogen and oxygen atoms in total. The third kappa shape index (κ3) is 3.43. The summed E-state index contributed by atoms with van der Waals surface area (Å²) in [4.78, 5) is 12.1. The Morgan fingerprint density at radius 3 is 2.90 bits per heavy atom. The van der Waals surface area contributed by atoms with Crippen LogP contribution in [0.1, 0.15) is 28.2 Å². The van der Waals surface area contributed by atoms with E-state index in [4.69, 9.17) is 9.52 Å². The van der Waals surface area contributed by atoms with Crippen molar-refractivity contribution < 1.29 is 14.3 Å². The molecular weight excluding hydrogens is 258 g/mol. The molecule has 0 saturated carbocycles. The maximum Gasteiger partial charge on any atom is 0.322 e. The molecule has 20 heavy (non-hydrogen) atoms. The Morgan fingerprint density at radius 2 is 2.20 bits per heavy atom. The smallest absolute Gasteiger partial charge is 0.322 e. The van der Waals surface area contributed by atoms with Crippen LogP contribution in [0, 0.1) is 18.8 Å². The normalized spacial score (nSPS) is 9.70. The maximum absolute atomic E-state index is 12.1. The largest absolute Gasteiger partial charge is 0.408 e. The molecule has 6 heteroatoms. The second kappa shape index (κ2) is 6.50. The number of aliphatic hydroxyl groups is 1. The van der Waals surface area contributed by atoms with Crippen LogP contribution in [0.2, 0.25) is 0 Å².